The van der Waals surface area contributed by atoms with E-state index in [2.05, 4.69) is 39.5 Å². The third-order valence-electron chi connectivity index (χ3n) is 6.21. The van der Waals surface area contributed by atoms with Gasteiger partial charge in [-0.3, -0.25) is 4.99 Å². The van der Waals surface area contributed by atoms with Crippen LogP contribution in [0.15, 0.2) is 10.4 Å². The number of hydrogen-bond donors (Lipinski definition) is 1. The zero-order valence-corrected chi connectivity index (χ0v) is 18.5. The van der Waals surface area contributed by atoms with Crippen molar-refractivity contribution in [3.63, 3.8) is 0 Å². The molecular weight excluding hydrogens is 447 g/mol. The molecule has 140 valence electrons. The molecule has 1 aromatic rings. The Bertz CT molecular complexity index is 628. The van der Waals surface area contributed by atoms with Crippen molar-refractivity contribution in [1.82, 2.24) is 15.2 Å². The standard InChI is InChI=1S/C18H28N4OS.HI/c1-12-20-13(11-24-12)10-22(3)17(19-2)21-15-14-6-9-23-16(14)18(15)7-4-5-8-18;/h11,14-16H,4-10H2,1-3H3,(H,19,21);1H. The van der Waals surface area contributed by atoms with E-state index in [0.717, 1.165) is 29.8 Å². The summed E-state index contributed by atoms with van der Waals surface area (Å²) in [5.41, 5.74) is 1.48. The predicted molar refractivity (Wildman–Crippen MR) is 113 cm³/mol. The molecule has 7 heteroatoms. The van der Waals surface area contributed by atoms with Crippen molar-refractivity contribution in [2.75, 3.05) is 20.7 Å². The lowest BCUT2D eigenvalue weighted by Crippen LogP contribution is -2.69. The van der Waals surface area contributed by atoms with Crippen LogP contribution in [0.2, 0.25) is 0 Å². The van der Waals surface area contributed by atoms with Crippen LogP contribution in [0.3, 0.4) is 0 Å². The lowest BCUT2D eigenvalue weighted by molar-refractivity contribution is -0.125. The van der Waals surface area contributed by atoms with Gasteiger partial charge in [0, 0.05) is 43.5 Å². The monoisotopic (exact) mass is 476 g/mol. The zero-order valence-electron chi connectivity index (χ0n) is 15.3. The number of aryl methyl sites for hydroxylation is 1. The number of aromatic nitrogens is 1. The highest BCUT2D eigenvalue weighted by molar-refractivity contribution is 14.0. The minimum absolute atomic E-state index is 0. The van der Waals surface area contributed by atoms with Gasteiger partial charge >= 0.3 is 0 Å². The summed E-state index contributed by atoms with van der Waals surface area (Å²) in [5, 5.41) is 7.07. The fraction of sp³-hybridized carbons (Fsp3) is 0.778. The molecule has 0 amide bonds. The highest BCUT2D eigenvalue weighted by atomic mass is 127. The van der Waals surface area contributed by atoms with E-state index in [9.17, 15) is 0 Å². The van der Waals surface area contributed by atoms with Crippen molar-refractivity contribution in [2.45, 2.75) is 57.7 Å². The molecule has 2 aliphatic carbocycles. The molecule has 1 N–H and O–H groups in total. The van der Waals surface area contributed by atoms with Crippen LogP contribution in [-0.2, 0) is 11.3 Å². The molecule has 25 heavy (non-hydrogen) atoms. The number of hydrogen-bond acceptors (Lipinski definition) is 4. The lowest BCUT2D eigenvalue weighted by atomic mass is 9.54. The van der Waals surface area contributed by atoms with Gasteiger partial charge in [0.15, 0.2) is 5.96 Å². The van der Waals surface area contributed by atoms with Gasteiger partial charge in [-0.1, -0.05) is 12.8 Å². The first-order valence-corrected chi connectivity index (χ1v) is 9.99. The van der Waals surface area contributed by atoms with Gasteiger partial charge in [-0.15, -0.1) is 35.3 Å². The maximum absolute atomic E-state index is 6.09. The minimum Gasteiger partial charge on any atom is -0.377 e. The molecule has 5 nitrogen and oxygen atoms in total. The molecular formula is C18H29IN4OS. The summed E-state index contributed by atoms with van der Waals surface area (Å²) >= 11 is 1.71. The maximum Gasteiger partial charge on any atom is 0.193 e. The number of nitrogens with zero attached hydrogens (tertiary/aromatic N) is 3. The number of rotatable bonds is 3. The van der Waals surface area contributed by atoms with E-state index in [0.29, 0.717) is 23.5 Å². The second kappa shape index (κ2) is 7.68. The summed E-state index contributed by atoms with van der Waals surface area (Å²) in [4.78, 5) is 11.3. The molecule has 1 saturated heterocycles. The first kappa shape index (κ1) is 19.4. The van der Waals surface area contributed by atoms with E-state index in [4.69, 9.17) is 4.74 Å². The largest absolute Gasteiger partial charge is 0.377 e. The Morgan fingerprint density at radius 3 is 2.88 bits per heavy atom. The zero-order chi connectivity index (χ0) is 16.7. The van der Waals surface area contributed by atoms with Crippen molar-refractivity contribution in [3.05, 3.63) is 16.1 Å². The molecule has 3 fully saturated rings. The fourth-order valence-electron chi connectivity index (χ4n) is 5.19. The van der Waals surface area contributed by atoms with Crippen LogP contribution in [0.5, 0.6) is 0 Å². The molecule has 0 aromatic carbocycles. The number of nitrogens with one attached hydrogen (secondary N) is 1. The van der Waals surface area contributed by atoms with Crippen molar-refractivity contribution >= 4 is 41.3 Å². The number of thiazole rings is 1. The van der Waals surface area contributed by atoms with E-state index >= 15 is 0 Å². The van der Waals surface area contributed by atoms with Crippen molar-refractivity contribution < 1.29 is 4.74 Å². The molecule has 3 unspecified atom stereocenters. The van der Waals surface area contributed by atoms with Crippen LogP contribution in [0.4, 0.5) is 0 Å². The van der Waals surface area contributed by atoms with Gasteiger partial charge in [-0.25, -0.2) is 4.98 Å². The molecule has 1 spiro atoms. The quantitative estimate of drug-likeness (QED) is 0.413. The van der Waals surface area contributed by atoms with Gasteiger partial charge in [0.1, 0.15) is 0 Å². The number of aliphatic imine (C=N–C) groups is 1. The summed E-state index contributed by atoms with van der Waals surface area (Å²) < 4.78 is 6.09. The van der Waals surface area contributed by atoms with E-state index in [1.165, 1.54) is 32.1 Å². The van der Waals surface area contributed by atoms with Crippen LogP contribution >= 0.6 is 35.3 Å². The predicted octanol–water partition coefficient (Wildman–Crippen LogP) is 3.42. The number of ether oxygens (including phenoxy) is 1. The van der Waals surface area contributed by atoms with Crippen LogP contribution in [0, 0.1) is 18.3 Å². The highest BCUT2D eigenvalue weighted by Crippen LogP contribution is 2.60. The maximum atomic E-state index is 6.09. The third kappa shape index (κ3) is 3.32. The number of fused-ring (bicyclic) bond motifs is 2. The Kier molecular flexibility index (Phi) is 5.95. The van der Waals surface area contributed by atoms with E-state index in [1.54, 1.807) is 11.3 Å². The first-order chi connectivity index (χ1) is 11.6. The summed E-state index contributed by atoms with van der Waals surface area (Å²) in [7, 11) is 3.99. The first-order valence-electron chi connectivity index (χ1n) is 9.11. The Morgan fingerprint density at radius 1 is 1.48 bits per heavy atom. The van der Waals surface area contributed by atoms with Gasteiger partial charge in [0.05, 0.1) is 23.4 Å². The SMILES string of the molecule is CN=C(NC1C2CCOC2C12CCCC2)N(C)Cc1csc(C)n1.I. The van der Waals surface area contributed by atoms with Gasteiger partial charge < -0.3 is 15.0 Å². The Labute approximate surface area is 171 Å². The molecule has 0 bridgehead atoms. The van der Waals surface area contributed by atoms with Crippen LogP contribution in [-0.4, -0.2) is 48.7 Å². The van der Waals surface area contributed by atoms with Crippen molar-refractivity contribution in [3.8, 4) is 0 Å². The molecule has 1 aliphatic heterocycles. The van der Waals surface area contributed by atoms with Gasteiger partial charge in [0.2, 0.25) is 0 Å². The Balaban J connectivity index is 0.00000182. The molecule has 1 aromatic heterocycles. The minimum atomic E-state index is 0. The van der Waals surface area contributed by atoms with E-state index in [-0.39, 0.29) is 24.0 Å². The van der Waals surface area contributed by atoms with Crippen LogP contribution in [0.1, 0.15) is 42.8 Å². The summed E-state index contributed by atoms with van der Waals surface area (Å²) in [6.45, 7) is 3.79. The van der Waals surface area contributed by atoms with Gasteiger partial charge in [-0.2, -0.15) is 0 Å². The second-order valence-corrected chi connectivity index (χ2v) is 8.63. The van der Waals surface area contributed by atoms with E-state index < -0.39 is 0 Å². The summed E-state index contributed by atoms with van der Waals surface area (Å²) in [5.74, 6) is 1.65. The summed E-state index contributed by atoms with van der Waals surface area (Å²) in [6.07, 6.45) is 6.97. The van der Waals surface area contributed by atoms with Gasteiger partial charge in [-0.05, 0) is 26.2 Å². The summed E-state index contributed by atoms with van der Waals surface area (Å²) in [6, 6.07) is 0.519. The molecule has 4 rings (SSSR count). The molecule has 2 saturated carbocycles. The van der Waals surface area contributed by atoms with Crippen LogP contribution < -0.4 is 5.32 Å². The van der Waals surface area contributed by atoms with Crippen molar-refractivity contribution in [1.29, 1.82) is 0 Å². The molecule has 0 radical (unpaired) electrons. The Morgan fingerprint density at radius 2 is 2.24 bits per heavy atom. The normalized spacial score (nSPS) is 29.9. The number of halogens is 1. The fourth-order valence-corrected chi connectivity index (χ4v) is 5.79. The Hall–Kier alpha value is -0.410. The average molecular weight is 476 g/mol. The number of guanidine groups is 1. The van der Waals surface area contributed by atoms with Crippen molar-refractivity contribution in [2.24, 2.45) is 16.3 Å². The topological polar surface area (TPSA) is 49.8 Å². The molecule has 2 heterocycles. The van der Waals surface area contributed by atoms with Gasteiger partial charge in [0.25, 0.3) is 0 Å². The van der Waals surface area contributed by atoms with E-state index in [1.807, 2.05) is 7.05 Å². The lowest BCUT2D eigenvalue weighted by Gasteiger charge is -2.57. The molecule has 3 aliphatic rings. The average Bonchev–Trinajstić information content (AvgIpc) is 3.27. The molecule has 3 atom stereocenters. The second-order valence-electron chi connectivity index (χ2n) is 7.57. The third-order valence-corrected chi connectivity index (χ3v) is 7.03. The highest BCUT2D eigenvalue weighted by Gasteiger charge is 2.65. The smallest absolute Gasteiger partial charge is 0.193 e. The van der Waals surface area contributed by atoms with Crippen LogP contribution in [0.25, 0.3) is 0 Å².